The molecule has 1 amide bonds. The van der Waals surface area contributed by atoms with Crippen molar-refractivity contribution < 1.29 is 23.8 Å². The van der Waals surface area contributed by atoms with Gasteiger partial charge in [0.05, 0.1) is 26.7 Å². The average Bonchev–Trinajstić information content (AvgIpc) is 3.23. The van der Waals surface area contributed by atoms with Gasteiger partial charge in [-0.05, 0) is 48.7 Å². The number of hydrogen-bond donors (Lipinski definition) is 0. The summed E-state index contributed by atoms with van der Waals surface area (Å²) in [4.78, 5) is 26.6. The Morgan fingerprint density at radius 2 is 1.86 bits per heavy atom. The summed E-state index contributed by atoms with van der Waals surface area (Å²) in [6.07, 6.45) is 1.78. The van der Waals surface area contributed by atoms with Crippen LogP contribution in [0.15, 0.2) is 42.5 Å². The summed E-state index contributed by atoms with van der Waals surface area (Å²) in [7, 11) is 3.20. The van der Waals surface area contributed by atoms with Gasteiger partial charge in [-0.2, -0.15) is 0 Å². The van der Waals surface area contributed by atoms with Gasteiger partial charge in [0.15, 0.2) is 6.61 Å². The molecule has 0 aromatic heterocycles. The van der Waals surface area contributed by atoms with Crippen molar-refractivity contribution in [2.75, 3.05) is 27.4 Å². The molecule has 7 heteroatoms. The van der Waals surface area contributed by atoms with Crippen molar-refractivity contribution in [2.45, 2.75) is 25.3 Å². The Bertz CT molecular complexity index is 868. The van der Waals surface area contributed by atoms with Crippen LogP contribution < -0.4 is 9.47 Å². The molecule has 2 aromatic rings. The van der Waals surface area contributed by atoms with E-state index in [2.05, 4.69) is 0 Å². The predicted octanol–water partition coefficient (Wildman–Crippen LogP) is 3.81. The standard InChI is InChI=1S/C22H24ClNO5/c1-27-17-9-10-20(28-2)18(13-17)19-4-3-11-24(19)21(25)14-29-22(26)12-15-5-7-16(23)8-6-15/h5-10,13,19H,3-4,11-12,14H2,1-2H3/t19-/m1/s1. The van der Waals surface area contributed by atoms with Crippen LogP contribution in [0, 0.1) is 0 Å². The van der Waals surface area contributed by atoms with Crippen LogP contribution in [0.2, 0.25) is 5.02 Å². The molecule has 0 spiro atoms. The number of amides is 1. The number of rotatable bonds is 7. The Labute approximate surface area is 175 Å². The molecule has 0 bridgehead atoms. The van der Waals surface area contributed by atoms with Crippen LogP contribution in [-0.2, 0) is 20.7 Å². The summed E-state index contributed by atoms with van der Waals surface area (Å²) >= 11 is 5.85. The molecule has 3 rings (SSSR count). The molecule has 1 heterocycles. The van der Waals surface area contributed by atoms with Crippen molar-refractivity contribution in [3.05, 3.63) is 58.6 Å². The summed E-state index contributed by atoms with van der Waals surface area (Å²) in [6, 6.07) is 12.4. The quantitative estimate of drug-likeness (QED) is 0.641. The van der Waals surface area contributed by atoms with Gasteiger partial charge in [0.25, 0.3) is 5.91 Å². The maximum atomic E-state index is 12.7. The number of methoxy groups -OCH3 is 2. The van der Waals surface area contributed by atoms with Gasteiger partial charge in [0.2, 0.25) is 0 Å². The number of likely N-dealkylation sites (tertiary alicyclic amines) is 1. The highest BCUT2D eigenvalue weighted by atomic mass is 35.5. The lowest BCUT2D eigenvalue weighted by molar-refractivity contribution is -0.151. The van der Waals surface area contributed by atoms with Gasteiger partial charge in [-0.3, -0.25) is 9.59 Å². The first-order valence-electron chi connectivity index (χ1n) is 9.43. The van der Waals surface area contributed by atoms with Gasteiger partial charge < -0.3 is 19.1 Å². The van der Waals surface area contributed by atoms with Gasteiger partial charge in [-0.25, -0.2) is 0 Å². The molecule has 0 saturated carbocycles. The van der Waals surface area contributed by atoms with Crippen molar-refractivity contribution in [3.63, 3.8) is 0 Å². The van der Waals surface area contributed by atoms with Crippen LogP contribution in [0.1, 0.15) is 30.0 Å². The van der Waals surface area contributed by atoms with E-state index in [4.69, 9.17) is 25.8 Å². The van der Waals surface area contributed by atoms with Crippen LogP contribution in [0.3, 0.4) is 0 Å². The lowest BCUT2D eigenvalue weighted by Gasteiger charge is -2.26. The number of esters is 1. The van der Waals surface area contributed by atoms with Crippen molar-refractivity contribution in [1.82, 2.24) is 4.90 Å². The lowest BCUT2D eigenvalue weighted by atomic mass is 10.0. The van der Waals surface area contributed by atoms with Crippen LogP contribution in [0.5, 0.6) is 11.5 Å². The van der Waals surface area contributed by atoms with E-state index < -0.39 is 5.97 Å². The summed E-state index contributed by atoms with van der Waals surface area (Å²) in [5.74, 6) is 0.738. The summed E-state index contributed by atoms with van der Waals surface area (Å²) in [6.45, 7) is 0.327. The number of benzene rings is 2. The lowest BCUT2D eigenvalue weighted by Crippen LogP contribution is -2.34. The Morgan fingerprint density at radius 1 is 1.10 bits per heavy atom. The molecule has 0 radical (unpaired) electrons. The van der Waals surface area contributed by atoms with E-state index in [1.165, 1.54) is 0 Å². The average molecular weight is 418 g/mol. The maximum Gasteiger partial charge on any atom is 0.310 e. The minimum Gasteiger partial charge on any atom is -0.497 e. The normalized spacial score (nSPS) is 15.8. The SMILES string of the molecule is COc1ccc(OC)c([C@H]2CCCN2C(=O)COC(=O)Cc2ccc(Cl)cc2)c1. The Morgan fingerprint density at radius 3 is 2.55 bits per heavy atom. The minimum atomic E-state index is -0.449. The van der Waals surface area contributed by atoms with Gasteiger partial charge in [0, 0.05) is 17.1 Å². The van der Waals surface area contributed by atoms with E-state index in [1.807, 2.05) is 18.2 Å². The molecule has 29 heavy (non-hydrogen) atoms. The van der Waals surface area contributed by atoms with Crippen molar-refractivity contribution in [3.8, 4) is 11.5 Å². The van der Waals surface area contributed by atoms with Crippen LogP contribution in [0.4, 0.5) is 0 Å². The van der Waals surface area contributed by atoms with Gasteiger partial charge >= 0.3 is 5.97 Å². The molecule has 0 aliphatic carbocycles. The van der Waals surface area contributed by atoms with E-state index in [0.29, 0.717) is 23.1 Å². The first-order valence-corrected chi connectivity index (χ1v) is 9.81. The van der Waals surface area contributed by atoms with E-state index in [1.54, 1.807) is 43.4 Å². The van der Waals surface area contributed by atoms with Gasteiger partial charge in [0.1, 0.15) is 11.5 Å². The van der Waals surface area contributed by atoms with E-state index in [9.17, 15) is 9.59 Å². The largest absolute Gasteiger partial charge is 0.497 e. The second-order valence-corrected chi connectivity index (χ2v) is 7.25. The van der Waals surface area contributed by atoms with Crippen molar-refractivity contribution in [1.29, 1.82) is 0 Å². The number of hydrogen-bond acceptors (Lipinski definition) is 5. The second-order valence-electron chi connectivity index (χ2n) is 6.82. The molecule has 154 valence electrons. The number of nitrogens with zero attached hydrogens (tertiary/aromatic N) is 1. The molecule has 6 nitrogen and oxygen atoms in total. The molecule has 0 unspecified atom stereocenters. The molecular weight excluding hydrogens is 394 g/mol. The molecule has 2 aromatic carbocycles. The van der Waals surface area contributed by atoms with E-state index in [0.717, 1.165) is 24.0 Å². The maximum absolute atomic E-state index is 12.7. The summed E-state index contributed by atoms with van der Waals surface area (Å²) in [5.41, 5.74) is 1.68. The van der Waals surface area contributed by atoms with Crippen LogP contribution in [-0.4, -0.2) is 44.1 Å². The fourth-order valence-electron chi connectivity index (χ4n) is 3.53. The smallest absolute Gasteiger partial charge is 0.310 e. The highest BCUT2D eigenvalue weighted by Gasteiger charge is 2.32. The highest BCUT2D eigenvalue weighted by molar-refractivity contribution is 6.30. The van der Waals surface area contributed by atoms with Crippen molar-refractivity contribution in [2.24, 2.45) is 0 Å². The van der Waals surface area contributed by atoms with E-state index in [-0.39, 0.29) is 25.0 Å². The summed E-state index contributed by atoms with van der Waals surface area (Å²) in [5, 5.41) is 0.602. The van der Waals surface area contributed by atoms with Crippen LogP contribution in [0.25, 0.3) is 0 Å². The van der Waals surface area contributed by atoms with Crippen molar-refractivity contribution >= 4 is 23.5 Å². The first-order chi connectivity index (χ1) is 14.0. The predicted molar refractivity (Wildman–Crippen MR) is 109 cm³/mol. The molecule has 1 atom stereocenters. The Kier molecular flexibility index (Phi) is 6.99. The van der Waals surface area contributed by atoms with Gasteiger partial charge in [-0.15, -0.1) is 0 Å². The zero-order valence-corrected chi connectivity index (χ0v) is 17.3. The fourth-order valence-corrected chi connectivity index (χ4v) is 3.66. The third-order valence-corrected chi connectivity index (χ3v) is 5.24. The minimum absolute atomic E-state index is 0.0948. The van der Waals surface area contributed by atoms with E-state index >= 15 is 0 Å². The Balaban J connectivity index is 1.63. The molecule has 1 aliphatic heterocycles. The second kappa shape index (κ2) is 9.65. The zero-order chi connectivity index (χ0) is 20.8. The highest BCUT2D eigenvalue weighted by Crippen LogP contribution is 2.38. The number of halogens is 1. The first kappa shape index (κ1) is 21.0. The summed E-state index contributed by atoms with van der Waals surface area (Å²) < 4.78 is 16.0. The molecule has 1 aliphatic rings. The third kappa shape index (κ3) is 5.21. The molecule has 0 N–H and O–H groups in total. The molecule has 1 fully saturated rings. The Hall–Kier alpha value is -2.73. The number of carbonyl (C=O) groups excluding carboxylic acids is 2. The van der Waals surface area contributed by atoms with Crippen LogP contribution >= 0.6 is 11.6 Å². The fraction of sp³-hybridized carbons (Fsp3) is 0.364. The number of ether oxygens (including phenoxy) is 3. The third-order valence-electron chi connectivity index (χ3n) is 4.99. The molecule has 1 saturated heterocycles. The zero-order valence-electron chi connectivity index (χ0n) is 16.5. The topological polar surface area (TPSA) is 65.1 Å². The number of carbonyl (C=O) groups is 2. The monoisotopic (exact) mass is 417 g/mol. The molecular formula is C22H24ClNO5. The van der Waals surface area contributed by atoms with Gasteiger partial charge in [-0.1, -0.05) is 23.7 Å².